The smallest absolute Gasteiger partial charge is 0.268 e. The van der Waals surface area contributed by atoms with Gasteiger partial charge in [-0.2, -0.15) is 8.42 Å². The Labute approximate surface area is 102 Å². The van der Waals surface area contributed by atoms with Gasteiger partial charge in [0.1, 0.15) is 0 Å². The summed E-state index contributed by atoms with van der Waals surface area (Å²) in [6.07, 6.45) is 1.02. The minimum absolute atomic E-state index is 0.203. The van der Waals surface area contributed by atoms with Gasteiger partial charge in [-0.3, -0.25) is 8.76 Å². The Morgan fingerprint density at radius 2 is 2.06 bits per heavy atom. The van der Waals surface area contributed by atoms with Gasteiger partial charge in [-0.15, -0.1) is 0 Å². The van der Waals surface area contributed by atoms with Crippen LogP contribution in [0.1, 0.15) is 17.5 Å². The third kappa shape index (κ3) is 2.74. The van der Waals surface area contributed by atoms with E-state index in [1.807, 2.05) is 0 Å². The zero-order chi connectivity index (χ0) is 12.6. The van der Waals surface area contributed by atoms with Gasteiger partial charge in [0.25, 0.3) is 10.1 Å². The summed E-state index contributed by atoms with van der Waals surface area (Å²) in [6, 6.07) is 4.60. The average Bonchev–Trinajstić information content (AvgIpc) is 2.26. The zero-order valence-corrected chi connectivity index (χ0v) is 10.5. The minimum Gasteiger partial charge on any atom is -0.768 e. The third-order valence-electron chi connectivity index (χ3n) is 2.97. The van der Waals surface area contributed by atoms with E-state index in [9.17, 15) is 17.2 Å². The molecule has 2 rings (SSSR count). The maximum atomic E-state index is 11.0. The van der Waals surface area contributed by atoms with E-state index in [4.69, 9.17) is 4.55 Å². The second kappa shape index (κ2) is 4.49. The first-order chi connectivity index (χ1) is 7.88. The molecule has 2 unspecified atom stereocenters. The molecule has 1 aliphatic carbocycles. The van der Waals surface area contributed by atoms with Crippen molar-refractivity contribution in [2.75, 3.05) is 0 Å². The molecule has 0 spiro atoms. The van der Waals surface area contributed by atoms with Crippen LogP contribution in [0.3, 0.4) is 0 Å². The highest BCUT2D eigenvalue weighted by atomic mass is 32.2. The van der Waals surface area contributed by atoms with E-state index < -0.39 is 26.4 Å². The molecule has 0 aliphatic heterocycles. The number of aryl methyl sites for hydroxylation is 1. The van der Waals surface area contributed by atoms with Crippen molar-refractivity contribution in [2.24, 2.45) is 0 Å². The lowest BCUT2D eigenvalue weighted by molar-refractivity contribution is 0.456. The number of rotatable bonds is 2. The maximum Gasteiger partial charge on any atom is 0.268 e. The van der Waals surface area contributed by atoms with Crippen molar-refractivity contribution in [3.8, 4) is 0 Å². The summed E-state index contributed by atoms with van der Waals surface area (Å²) in [4.78, 5) is 0.203. The van der Waals surface area contributed by atoms with E-state index in [2.05, 4.69) is 0 Å². The van der Waals surface area contributed by atoms with E-state index >= 15 is 0 Å². The van der Waals surface area contributed by atoms with Crippen LogP contribution in [0.2, 0.25) is 0 Å². The third-order valence-corrected chi connectivity index (χ3v) is 4.86. The fourth-order valence-electron chi connectivity index (χ4n) is 2.06. The first-order valence-corrected chi connectivity index (χ1v) is 7.63. The molecule has 1 aromatic carbocycles. The molecule has 2 atom stereocenters. The molecule has 0 saturated heterocycles. The summed E-state index contributed by atoms with van der Waals surface area (Å²) < 4.78 is 52.6. The van der Waals surface area contributed by atoms with Crippen LogP contribution in [0.15, 0.2) is 23.1 Å². The van der Waals surface area contributed by atoms with Crippen LogP contribution in [0.5, 0.6) is 0 Å². The zero-order valence-electron chi connectivity index (χ0n) is 8.83. The molecule has 0 saturated carbocycles. The van der Waals surface area contributed by atoms with Crippen LogP contribution in [-0.2, 0) is 34.0 Å². The Kier molecular flexibility index (Phi) is 3.35. The van der Waals surface area contributed by atoms with Gasteiger partial charge in [0.2, 0.25) is 0 Å². The first-order valence-electron chi connectivity index (χ1n) is 5.05. The van der Waals surface area contributed by atoms with Crippen molar-refractivity contribution in [3.05, 3.63) is 29.3 Å². The van der Waals surface area contributed by atoms with Gasteiger partial charge in [-0.05, 0) is 53.6 Å². The lowest BCUT2D eigenvalue weighted by atomic mass is 9.91. The topological polar surface area (TPSA) is 94.5 Å². The number of hydrogen-bond donors (Lipinski definition) is 1. The standard InChI is InChI=1S/C10H12O5S2/c11-16(12)9-3-1-8-6-10(17(13,14)15)4-2-7(8)5-9/h1,3,5,10H,2,4,6H2,(H,11,12)(H,13,14,15)/p-1. The summed E-state index contributed by atoms with van der Waals surface area (Å²) >= 11 is -2.27. The second-order valence-electron chi connectivity index (χ2n) is 4.05. The van der Waals surface area contributed by atoms with Crippen molar-refractivity contribution in [1.29, 1.82) is 0 Å². The van der Waals surface area contributed by atoms with Crippen molar-refractivity contribution < 1.29 is 21.7 Å². The average molecular weight is 275 g/mol. The lowest BCUT2D eigenvalue weighted by Crippen LogP contribution is -2.27. The molecule has 0 heterocycles. The summed E-state index contributed by atoms with van der Waals surface area (Å²) in [5.74, 6) is 0. The normalized spacial score (nSPS) is 21.9. The second-order valence-corrected chi connectivity index (χ2v) is 6.68. The summed E-state index contributed by atoms with van der Waals surface area (Å²) in [5, 5.41) is -0.779. The van der Waals surface area contributed by atoms with Crippen molar-refractivity contribution >= 4 is 21.2 Å². The molecule has 1 N–H and O–H groups in total. The number of benzene rings is 1. The largest absolute Gasteiger partial charge is 0.768 e. The fraction of sp³-hybridized carbons (Fsp3) is 0.400. The predicted octanol–water partition coefficient (Wildman–Crippen LogP) is 0.670. The van der Waals surface area contributed by atoms with Crippen LogP contribution in [0.4, 0.5) is 0 Å². The van der Waals surface area contributed by atoms with E-state index in [1.54, 1.807) is 12.1 Å². The monoisotopic (exact) mass is 275 g/mol. The quantitative estimate of drug-likeness (QED) is 0.632. The van der Waals surface area contributed by atoms with Crippen LogP contribution in [0.25, 0.3) is 0 Å². The molecule has 0 aromatic heterocycles. The maximum absolute atomic E-state index is 11.0. The summed E-state index contributed by atoms with van der Waals surface area (Å²) in [7, 11) is -4.02. The molecule has 94 valence electrons. The van der Waals surface area contributed by atoms with Crippen molar-refractivity contribution in [3.63, 3.8) is 0 Å². The molecule has 1 aromatic rings. The minimum atomic E-state index is -4.02. The number of hydrogen-bond acceptors (Lipinski definition) is 4. The van der Waals surface area contributed by atoms with E-state index in [-0.39, 0.29) is 11.3 Å². The highest BCUT2D eigenvalue weighted by Crippen LogP contribution is 2.26. The van der Waals surface area contributed by atoms with Gasteiger partial charge in [-0.1, -0.05) is 6.07 Å². The van der Waals surface area contributed by atoms with Crippen LogP contribution in [-0.4, -0.2) is 27.0 Å². The van der Waals surface area contributed by atoms with Gasteiger partial charge < -0.3 is 4.55 Å². The van der Waals surface area contributed by atoms with E-state index in [0.717, 1.165) is 11.1 Å². The molecule has 5 nitrogen and oxygen atoms in total. The van der Waals surface area contributed by atoms with Crippen molar-refractivity contribution in [2.45, 2.75) is 29.4 Å². The van der Waals surface area contributed by atoms with Gasteiger partial charge in [0.05, 0.1) is 5.25 Å². The van der Waals surface area contributed by atoms with E-state index in [0.29, 0.717) is 12.8 Å². The Bertz CT molecular complexity index is 564. The Morgan fingerprint density at radius 1 is 1.35 bits per heavy atom. The summed E-state index contributed by atoms with van der Waals surface area (Å²) in [6.45, 7) is 0. The highest BCUT2D eigenvalue weighted by molar-refractivity contribution is 7.86. The van der Waals surface area contributed by atoms with E-state index in [1.165, 1.54) is 6.07 Å². The van der Waals surface area contributed by atoms with Crippen LogP contribution < -0.4 is 0 Å². The Hall–Kier alpha value is -0.760. The van der Waals surface area contributed by atoms with Gasteiger partial charge in [-0.25, -0.2) is 0 Å². The predicted molar refractivity (Wildman–Crippen MR) is 61.0 cm³/mol. The van der Waals surface area contributed by atoms with Crippen LogP contribution in [0, 0.1) is 0 Å². The molecular weight excluding hydrogens is 264 g/mol. The van der Waals surface area contributed by atoms with Gasteiger partial charge in [0.15, 0.2) is 0 Å². The Morgan fingerprint density at radius 3 is 2.65 bits per heavy atom. The van der Waals surface area contributed by atoms with Crippen LogP contribution >= 0.6 is 0 Å². The lowest BCUT2D eigenvalue weighted by Gasteiger charge is -2.23. The van der Waals surface area contributed by atoms with Gasteiger partial charge >= 0.3 is 0 Å². The molecule has 0 radical (unpaired) electrons. The molecular formula is C10H11O5S2-. The highest BCUT2D eigenvalue weighted by Gasteiger charge is 2.28. The molecule has 17 heavy (non-hydrogen) atoms. The molecule has 1 aliphatic rings. The molecule has 0 amide bonds. The molecule has 0 fully saturated rings. The number of fused-ring (bicyclic) bond motifs is 1. The Balaban J connectivity index is 2.32. The van der Waals surface area contributed by atoms with Gasteiger partial charge in [0, 0.05) is 4.90 Å². The first kappa shape index (κ1) is 12.7. The fourth-order valence-corrected chi connectivity index (χ4v) is 3.28. The molecule has 7 heteroatoms. The summed E-state index contributed by atoms with van der Waals surface area (Å²) in [5.41, 5.74) is 1.62. The SMILES string of the molecule is O=S([O-])c1ccc2c(c1)CCC(S(=O)(=O)O)C2. The molecule has 0 bridgehead atoms. The van der Waals surface area contributed by atoms with Crippen molar-refractivity contribution in [1.82, 2.24) is 0 Å².